The summed E-state index contributed by atoms with van der Waals surface area (Å²) in [6.45, 7) is 0.142. The molecule has 1 saturated heterocycles. The van der Waals surface area contributed by atoms with Crippen molar-refractivity contribution in [2.45, 2.75) is 18.0 Å². The number of nitrogens with one attached hydrogen (secondary N) is 3. The number of alkyl halides is 3. The monoisotopic (exact) mass is 644 g/mol. The lowest BCUT2D eigenvalue weighted by Gasteiger charge is -2.28. The van der Waals surface area contributed by atoms with Gasteiger partial charge < -0.3 is 34.1 Å². The molecule has 14 heteroatoms. The van der Waals surface area contributed by atoms with Crippen molar-refractivity contribution in [2.75, 3.05) is 26.1 Å². The average Bonchev–Trinajstić information content (AvgIpc) is 3.51. The fourth-order valence-electron chi connectivity index (χ4n) is 7.08. The van der Waals surface area contributed by atoms with Gasteiger partial charge in [-0.15, -0.1) is 0 Å². The standard InChI is InChI=1S/C33H23F3N4O7/c1-45-21-5-3-4-14-10-22(47-27(14)21)29(42)37-17-6-7-18-15(8-17)9-19(38-18)30(43)40-13-16-12-32(16)23(40)11-20(41)26-25(32)24(31(44)46-2)28(39-26)33(34,35)36/h3-11,16,38-39H,12-13H2,1-2H3,(H,37,42). The zero-order valence-corrected chi connectivity index (χ0v) is 24.6. The molecule has 1 saturated carbocycles. The first-order valence-corrected chi connectivity index (χ1v) is 14.5. The molecular formula is C33H23F3N4O7. The van der Waals surface area contributed by atoms with Gasteiger partial charge in [0.1, 0.15) is 11.4 Å². The van der Waals surface area contributed by atoms with Crippen molar-refractivity contribution in [1.29, 1.82) is 0 Å². The Bertz CT molecular complexity index is 2260. The van der Waals surface area contributed by atoms with Gasteiger partial charge in [-0.2, -0.15) is 13.2 Å². The van der Waals surface area contributed by atoms with Crippen molar-refractivity contribution in [3.05, 3.63) is 94.3 Å². The summed E-state index contributed by atoms with van der Waals surface area (Å²) in [5.74, 6) is -2.70. The highest BCUT2D eigenvalue weighted by molar-refractivity contribution is 6.12. The van der Waals surface area contributed by atoms with Crippen LogP contribution in [0.15, 0.2) is 64.7 Å². The highest BCUT2D eigenvalue weighted by atomic mass is 19.4. The normalized spacial score (nSPS) is 19.7. The molecule has 3 aromatic heterocycles. The molecule has 2 aliphatic carbocycles. The van der Waals surface area contributed by atoms with E-state index < -0.39 is 46.4 Å². The lowest BCUT2D eigenvalue weighted by Crippen LogP contribution is -2.34. The number of para-hydroxylation sites is 1. The molecule has 3 N–H and O–H groups in total. The van der Waals surface area contributed by atoms with Crippen molar-refractivity contribution in [2.24, 2.45) is 5.92 Å². The molecule has 5 aromatic rings. The van der Waals surface area contributed by atoms with Crippen LogP contribution in [0.2, 0.25) is 0 Å². The number of benzene rings is 2. The van der Waals surface area contributed by atoms with Crippen LogP contribution < -0.4 is 10.1 Å². The Labute approximate surface area is 262 Å². The second-order valence-electron chi connectivity index (χ2n) is 11.7. The van der Waals surface area contributed by atoms with E-state index in [4.69, 9.17) is 13.9 Å². The summed E-state index contributed by atoms with van der Waals surface area (Å²) in [6, 6.07) is 13.5. The number of carbonyl (C=O) groups excluding carboxylic acids is 4. The average molecular weight is 645 g/mol. The van der Waals surface area contributed by atoms with Gasteiger partial charge >= 0.3 is 12.1 Å². The summed E-state index contributed by atoms with van der Waals surface area (Å²) in [5, 5.41) is 4.08. The van der Waals surface area contributed by atoms with E-state index >= 15 is 0 Å². The first-order valence-electron chi connectivity index (χ1n) is 14.5. The molecule has 2 unspecified atom stereocenters. The number of furan rings is 1. The number of H-pyrrole nitrogens is 2. The van der Waals surface area contributed by atoms with E-state index in [2.05, 4.69) is 15.3 Å². The summed E-state index contributed by atoms with van der Waals surface area (Å²) in [7, 11) is 2.48. The Hall–Kier alpha value is -5.79. The Kier molecular flexibility index (Phi) is 5.86. The van der Waals surface area contributed by atoms with Crippen molar-refractivity contribution in [3.63, 3.8) is 0 Å². The van der Waals surface area contributed by atoms with Gasteiger partial charge in [-0.1, -0.05) is 12.1 Å². The van der Waals surface area contributed by atoms with Crippen molar-refractivity contribution in [1.82, 2.24) is 14.9 Å². The van der Waals surface area contributed by atoms with E-state index in [0.29, 0.717) is 39.7 Å². The number of ether oxygens (including phenoxy) is 2. The van der Waals surface area contributed by atoms with Crippen LogP contribution in [0.1, 0.15) is 59.6 Å². The van der Waals surface area contributed by atoms with Crippen LogP contribution in [-0.2, 0) is 16.3 Å². The summed E-state index contributed by atoms with van der Waals surface area (Å²) in [5.41, 5.74) is -1.69. The summed E-state index contributed by atoms with van der Waals surface area (Å²) in [4.78, 5) is 59.2. The number of hydrogen-bond donors (Lipinski definition) is 3. The number of carbonyl (C=O) groups is 4. The Morgan fingerprint density at radius 2 is 1.87 bits per heavy atom. The number of halogens is 3. The van der Waals surface area contributed by atoms with E-state index in [1.54, 1.807) is 48.5 Å². The number of aromatic amines is 2. The van der Waals surface area contributed by atoms with E-state index in [-0.39, 0.29) is 40.9 Å². The maximum Gasteiger partial charge on any atom is 0.432 e. The summed E-state index contributed by atoms with van der Waals surface area (Å²) in [6.07, 6.45) is -3.40. The Morgan fingerprint density at radius 1 is 1.06 bits per heavy atom. The van der Waals surface area contributed by atoms with Crippen molar-refractivity contribution < 1.29 is 46.2 Å². The zero-order valence-electron chi connectivity index (χ0n) is 24.6. The van der Waals surface area contributed by atoms with Gasteiger partial charge in [0, 0.05) is 51.3 Å². The third-order valence-corrected chi connectivity index (χ3v) is 9.20. The number of rotatable bonds is 5. The number of esters is 1. The van der Waals surface area contributed by atoms with Gasteiger partial charge in [0.2, 0.25) is 5.78 Å². The predicted octanol–water partition coefficient (Wildman–Crippen LogP) is 5.80. The minimum Gasteiger partial charge on any atom is -0.493 e. The largest absolute Gasteiger partial charge is 0.493 e. The molecule has 3 aliphatic rings. The van der Waals surface area contributed by atoms with Crippen LogP contribution in [0.3, 0.4) is 0 Å². The second kappa shape index (κ2) is 9.61. The molecule has 2 amide bonds. The number of aromatic nitrogens is 2. The minimum absolute atomic E-state index is 0.0700. The third-order valence-electron chi connectivity index (χ3n) is 9.20. The van der Waals surface area contributed by atoms with Crippen LogP contribution in [0, 0.1) is 5.92 Å². The highest BCUT2D eigenvalue weighted by Gasteiger charge is 2.69. The lowest BCUT2D eigenvalue weighted by atomic mass is 9.82. The number of fused-ring (bicyclic) bond motifs is 3. The number of likely N-dealkylation sites (tertiary alicyclic amines) is 1. The molecule has 2 fully saturated rings. The van der Waals surface area contributed by atoms with E-state index in [1.807, 2.05) is 0 Å². The number of hydrogen-bond acceptors (Lipinski definition) is 7. The van der Waals surface area contributed by atoms with Gasteiger partial charge in [0.05, 0.1) is 25.5 Å². The van der Waals surface area contributed by atoms with E-state index in [9.17, 15) is 32.3 Å². The molecule has 47 heavy (non-hydrogen) atoms. The molecular weight excluding hydrogens is 621 g/mol. The molecule has 0 radical (unpaired) electrons. The maximum atomic E-state index is 14.0. The molecule has 4 heterocycles. The first-order chi connectivity index (χ1) is 22.4. The predicted molar refractivity (Wildman–Crippen MR) is 159 cm³/mol. The van der Waals surface area contributed by atoms with E-state index in [0.717, 1.165) is 7.11 Å². The lowest BCUT2D eigenvalue weighted by molar-refractivity contribution is -0.141. The maximum absolute atomic E-state index is 14.0. The van der Waals surface area contributed by atoms with Gasteiger partial charge in [-0.25, -0.2) is 4.79 Å². The quantitative estimate of drug-likeness (QED) is 0.205. The molecule has 1 spiro atoms. The van der Waals surface area contributed by atoms with Crippen LogP contribution in [0.5, 0.6) is 5.75 Å². The topological polar surface area (TPSA) is 147 Å². The molecule has 238 valence electrons. The van der Waals surface area contributed by atoms with E-state index in [1.165, 1.54) is 18.1 Å². The molecule has 11 nitrogen and oxygen atoms in total. The van der Waals surface area contributed by atoms with Gasteiger partial charge in [-0.05, 0) is 48.7 Å². The SMILES string of the molecule is COC(=O)c1c(C(F)(F)F)[nH]c2c1C13CC1CN(C(=O)c1cc4cc(NC(=O)c5cc6cccc(OC)c6o5)ccc4[nH]1)C3=CC2=O. The molecule has 8 rings (SSSR count). The number of methoxy groups -OCH3 is 2. The number of amides is 2. The van der Waals surface area contributed by atoms with Crippen LogP contribution in [0.4, 0.5) is 18.9 Å². The first kappa shape index (κ1) is 28.7. The summed E-state index contributed by atoms with van der Waals surface area (Å²) < 4.78 is 57.6. The fourth-order valence-corrected chi connectivity index (χ4v) is 7.08. The molecule has 0 bridgehead atoms. The third kappa shape index (κ3) is 4.06. The molecule has 1 aliphatic heterocycles. The second-order valence-corrected chi connectivity index (χ2v) is 11.7. The minimum atomic E-state index is -4.95. The number of ketones is 1. The highest BCUT2D eigenvalue weighted by Crippen LogP contribution is 2.68. The van der Waals surface area contributed by atoms with Gasteiger partial charge in [-0.3, -0.25) is 14.4 Å². The summed E-state index contributed by atoms with van der Waals surface area (Å²) >= 11 is 0. The van der Waals surface area contributed by atoms with Crippen LogP contribution >= 0.6 is 0 Å². The fraction of sp³-hybridized carbons (Fsp3) is 0.212. The smallest absolute Gasteiger partial charge is 0.432 e. The Balaban J connectivity index is 1.08. The van der Waals surface area contributed by atoms with Gasteiger partial charge in [0.25, 0.3) is 11.8 Å². The molecule has 2 aromatic carbocycles. The Morgan fingerprint density at radius 3 is 2.62 bits per heavy atom. The zero-order chi connectivity index (χ0) is 33.0. The van der Waals surface area contributed by atoms with Gasteiger partial charge in [0.15, 0.2) is 17.1 Å². The number of nitrogens with zero attached hydrogens (tertiary/aromatic N) is 1. The molecule has 2 atom stereocenters. The number of allylic oxidation sites excluding steroid dienone is 2. The van der Waals surface area contributed by atoms with Crippen LogP contribution in [-0.4, -0.2) is 59.2 Å². The van der Waals surface area contributed by atoms with Crippen molar-refractivity contribution in [3.8, 4) is 5.75 Å². The number of anilines is 1. The van der Waals surface area contributed by atoms with Crippen molar-refractivity contribution >= 4 is 51.1 Å². The van der Waals surface area contributed by atoms with Crippen LogP contribution in [0.25, 0.3) is 21.9 Å². The number of piperidine rings is 1.